The summed E-state index contributed by atoms with van der Waals surface area (Å²) >= 11 is 5.76. The Kier molecular flexibility index (Phi) is 1.01. The summed E-state index contributed by atoms with van der Waals surface area (Å²) in [5, 5.41) is 3.36. The summed E-state index contributed by atoms with van der Waals surface area (Å²) in [5.74, 6) is 0. The Balaban J connectivity index is 2.61. The zero-order valence-electron chi connectivity index (χ0n) is 2.71. The molecule has 1 aliphatic heterocycles. The van der Waals surface area contributed by atoms with E-state index in [0.29, 0.717) is 4.24 Å². The molecule has 0 unspecified atom stereocenters. The van der Waals surface area contributed by atoms with Crippen molar-refractivity contribution in [3.63, 3.8) is 0 Å². The molecule has 6 heavy (non-hydrogen) atoms. The number of hydrogen-bond donors (Lipinski definition) is 0. The lowest BCUT2D eigenvalue weighted by Crippen LogP contribution is -1.51. The van der Waals surface area contributed by atoms with Crippen LogP contribution in [0.25, 0.3) is 0 Å². The molecule has 0 fully saturated rings. The van der Waals surface area contributed by atoms with Gasteiger partial charge in [-0.1, -0.05) is 4.52 Å². The van der Waals surface area contributed by atoms with Gasteiger partial charge in [-0.3, -0.25) is 0 Å². The first-order valence-corrected chi connectivity index (χ1v) is 2.45. The van der Waals surface area contributed by atoms with Crippen LogP contribution in [0.3, 0.4) is 0 Å². The third kappa shape index (κ3) is 0.653. The van der Waals surface area contributed by atoms with Crippen molar-refractivity contribution in [2.24, 2.45) is 9.63 Å². The van der Waals surface area contributed by atoms with Gasteiger partial charge in [-0.15, -0.1) is 0 Å². The lowest BCUT2D eigenvalue weighted by Gasteiger charge is -1.78. The molecule has 1 heterocycles. The molecule has 0 aromatic heterocycles. The van der Waals surface area contributed by atoms with Gasteiger partial charge in [0.1, 0.15) is 5.11 Å². The van der Waals surface area contributed by atoms with Crippen LogP contribution in [0.5, 0.6) is 0 Å². The van der Waals surface area contributed by atoms with Crippen molar-refractivity contribution >= 4 is 24.6 Å². The summed E-state index contributed by atoms with van der Waals surface area (Å²) in [4.78, 5) is 0. The molecule has 0 aromatic rings. The van der Waals surface area contributed by atoms with E-state index in [9.17, 15) is 0 Å². The minimum absolute atomic E-state index is 0.620. The van der Waals surface area contributed by atoms with Crippen LogP contribution in [0.1, 0.15) is 0 Å². The predicted molar refractivity (Wildman–Crippen MR) is 26.6 cm³/mol. The highest BCUT2D eigenvalue weighted by molar-refractivity contribution is 8.10. The molecule has 1 aliphatic rings. The van der Waals surface area contributed by atoms with Gasteiger partial charge in [-0.2, -0.15) is 0 Å². The highest BCUT2D eigenvalue weighted by Crippen LogP contribution is 2.19. The predicted octanol–water partition coefficient (Wildman–Crippen LogP) is 1.25. The SMILES string of the molecule is [S-]C1=[C+]N=NS1. The topological polar surface area (TPSA) is 24.7 Å². The van der Waals surface area contributed by atoms with Crippen LogP contribution < -0.4 is 0 Å². The summed E-state index contributed by atoms with van der Waals surface area (Å²) in [6.45, 7) is 0. The molecule has 0 amide bonds. The van der Waals surface area contributed by atoms with Crippen LogP contribution in [0.2, 0.25) is 0 Å². The number of hydrogen-bond acceptors (Lipinski definition) is 4. The molecular weight excluding hydrogens is 116 g/mol. The molecule has 4 heteroatoms. The molecule has 0 bridgehead atoms. The highest BCUT2D eigenvalue weighted by atomic mass is 32.2. The van der Waals surface area contributed by atoms with Crippen molar-refractivity contribution in [1.29, 1.82) is 0 Å². The first-order chi connectivity index (χ1) is 2.89. The van der Waals surface area contributed by atoms with Gasteiger partial charge in [0, 0.05) is 0 Å². The van der Waals surface area contributed by atoms with E-state index in [0.717, 1.165) is 0 Å². The third-order valence-corrected chi connectivity index (χ3v) is 1.04. The fraction of sp³-hybridized carbons (Fsp3) is 0. The summed E-state index contributed by atoms with van der Waals surface area (Å²) in [5.41, 5.74) is 0. The van der Waals surface area contributed by atoms with E-state index >= 15 is 0 Å². The molecule has 0 saturated heterocycles. The maximum Gasteiger partial charge on any atom is 0.410 e. The summed E-state index contributed by atoms with van der Waals surface area (Å²) in [6, 6.07) is 0. The Labute approximate surface area is 45.3 Å². The van der Waals surface area contributed by atoms with Gasteiger partial charge < -0.3 is 12.6 Å². The van der Waals surface area contributed by atoms with E-state index in [1.54, 1.807) is 0 Å². The van der Waals surface area contributed by atoms with E-state index in [1.807, 2.05) is 0 Å². The van der Waals surface area contributed by atoms with Crippen molar-refractivity contribution in [2.75, 3.05) is 0 Å². The molecule has 0 saturated carbocycles. The number of rotatable bonds is 0. The standard InChI is InChI=1S/C2N2S2/c5-2-1-3-4-6-2. The normalized spacial score (nSPS) is 17.0. The van der Waals surface area contributed by atoms with Crippen LogP contribution in [0.15, 0.2) is 13.9 Å². The molecule has 2 nitrogen and oxygen atoms in total. The Hall–Kier alpha value is -0.180. The van der Waals surface area contributed by atoms with Crippen LogP contribution in [0, 0.1) is 6.20 Å². The number of nitrogens with zero attached hydrogens (tertiary/aromatic N) is 2. The van der Waals surface area contributed by atoms with Gasteiger partial charge in [0.2, 0.25) is 0 Å². The van der Waals surface area contributed by atoms with Gasteiger partial charge in [0.05, 0.1) is 11.9 Å². The second kappa shape index (κ2) is 1.51. The minimum Gasteiger partial charge on any atom is -0.711 e. The van der Waals surface area contributed by atoms with E-state index in [1.165, 1.54) is 11.9 Å². The van der Waals surface area contributed by atoms with E-state index in [4.69, 9.17) is 0 Å². The molecule has 0 N–H and O–H groups in total. The molecule has 0 atom stereocenters. The van der Waals surface area contributed by atoms with Gasteiger partial charge in [0.25, 0.3) is 0 Å². The van der Waals surface area contributed by atoms with Gasteiger partial charge in [-0.05, 0) is 0 Å². The second-order valence-electron chi connectivity index (χ2n) is 0.672. The largest absolute Gasteiger partial charge is 0.711 e. The molecule has 1 rings (SSSR count). The van der Waals surface area contributed by atoms with Crippen LogP contribution in [-0.2, 0) is 12.6 Å². The fourth-order valence-corrected chi connectivity index (χ4v) is 0.517. The molecular formula is C2N2S2. The fourth-order valence-electron chi connectivity index (χ4n) is 0.139. The van der Waals surface area contributed by atoms with E-state index in [2.05, 4.69) is 28.5 Å². The smallest absolute Gasteiger partial charge is 0.410 e. The average Bonchev–Trinajstić information content (AvgIpc) is 1.86. The quantitative estimate of drug-likeness (QED) is 0.270. The second-order valence-corrected chi connectivity index (χ2v) is 2.09. The monoisotopic (exact) mass is 116 g/mol. The van der Waals surface area contributed by atoms with Crippen LogP contribution >= 0.6 is 11.9 Å². The first kappa shape index (κ1) is 3.99. The lowest BCUT2D eigenvalue weighted by atomic mass is 11.1. The Morgan fingerprint density at radius 3 is 2.83 bits per heavy atom. The lowest BCUT2D eigenvalue weighted by molar-refractivity contribution is 1.33. The van der Waals surface area contributed by atoms with Crippen molar-refractivity contribution in [3.05, 3.63) is 10.4 Å². The Bertz CT molecular complexity index is 106. The molecule has 0 aromatic carbocycles. The molecule has 30 valence electrons. The maximum absolute atomic E-state index is 4.58. The maximum atomic E-state index is 4.58. The molecule has 0 spiro atoms. The average molecular weight is 116 g/mol. The zero-order valence-corrected chi connectivity index (χ0v) is 4.34. The van der Waals surface area contributed by atoms with Crippen molar-refractivity contribution < 1.29 is 0 Å². The summed E-state index contributed by atoms with van der Waals surface area (Å²) < 4.78 is 4.07. The Morgan fingerprint density at radius 2 is 2.67 bits per heavy atom. The van der Waals surface area contributed by atoms with E-state index in [-0.39, 0.29) is 0 Å². The Morgan fingerprint density at radius 1 is 1.83 bits per heavy atom. The molecule has 0 radical (unpaired) electrons. The first-order valence-electron chi connectivity index (χ1n) is 1.26. The van der Waals surface area contributed by atoms with Crippen LogP contribution in [0.4, 0.5) is 0 Å². The van der Waals surface area contributed by atoms with Crippen molar-refractivity contribution in [1.82, 2.24) is 0 Å². The summed E-state index contributed by atoms with van der Waals surface area (Å²) in [6.07, 6.45) is 2.47. The van der Waals surface area contributed by atoms with Gasteiger partial charge >= 0.3 is 6.20 Å². The van der Waals surface area contributed by atoms with Crippen LogP contribution in [-0.4, -0.2) is 0 Å². The van der Waals surface area contributed by atoms with E-state index < -0.39 is 0 Å². The zero-order chi connectivity index (χ0) is 4.41. The molecule has 0 aliphatic carbocycles. The third-order valence-electron chi connectivity index (χ3n) is 0.306. The minimum atomic E-state index is 0.620. The highest BCUT2D eigenvalue weighted by Gasteiger charge is 2.02. The van der Waals surface area contributed by atoms with Gasteiger partial charge in [-0.25, -0.2) is 0 Å². The van der Waals surface area contributed by atoms with Crippen molar-refractivity contribution in [2.45, 2.75) is 0 Å². The van der Waals surface area contributed by atoms with Crippen molar-refractivity contribution in [3.8, 4) is 0 Å². The van der Waals surface area contributed by atoms with Gasteiger partial charge in [0.15, 0.2) is 4.24 Å². The summed E-state index contributed by atoms with van der Waals surface area (Å²) in [7, 11) is 0.